The van der Waals surface area contributed by atoms with Gasteiger partial charge in [0.15, 0.2) is 0 Å². The highest BCUT2D eigenvalue weighted by molar-refractivity contribution is 9.10. The Bertz CT molecular complexity index is 555. The van der Waals surface area contributed by atoms with E-state index in [4.69, 9.17) is 4.74 Å². The molecule has 0 aliphatic heterocycles. The first kappa shape index (κ1) is 14.0. The number of aliphatic hydroxyl groups excluding tert-OH is 1. The molecule has 0 aliphatic carbocycles. The van der Waals surface area contributed by atoms with Crippen molar-refractivity contribution in [2.24, 2.45) is 0 Å². The second kappa shape index (κ2) is 6.17. The fraction of sp³-hybridized carbons (Fsp3) is 0.200. The zero-order chi connectivity index (χ0) is 13.8. The van der Waals surface area contributed by atoms with Crippen LogP contribution in [0.1, 0.15) is 24.2 Å². The lowest BCUT2D eigenvalue weighted by Gasteiger charge is -2.13. The molecular formula is C15H14BrFO2. The van der Waals surface area contributed by atoms with E-state index in [1.54, 1.807) is 36.4 Å². The molecule has 0 radical (unpaired) electrons. The highest BCUT2D eigenvalue weighted by Gasteiger charge is 2.15. The Balaban J connectivity index is 2.27. The van der Waals surface area contributed by atoms with Gasteiger partial charge in [-0.3, -0.25) is 0 Å². The van der Waals surface area contributed by atoms with Crippen LogP contribution >= 0.6 is 15.9 Å². The van der Waals surface area contributed by atoms with Crippen molar-refractivity contribution in [1.29, 1.82) is 0 Å². The molecule has 0 aromatic heterocycles. The van der Waals surface area contributed by atoms with Crippen molar-refractivity contribution in [3.8, 4) is 5.75 Å². The van der Waals surface area contributed by atoms with Crippen LogP contribution in [-0.4, -0.2) is 11.7 Å². The third-order valence-electron chi connectivity index (χ3n) is 2.76. The molecule has 0 heterocycles. The summed E-state index contributed by atoms with van der Waals surface area (Å²) in [6.45, 7) is 2.49. The third kappa shape index (κ3) is 3.33. The largest absolute Gasteiger partial charge is 0.494 e. The molecule has 0 amide bonds. The molecule has 2 aromatic rings. The highest BCUT2D eigenvalue weighted by Crippen LogP contribution is 2.28. The van der Waals surface area contributed by atoms with Crippen molar-refractivity contribution in [2.75, 3.05) is 6.61 Å². The number of aliphatic hydroxyl groups is 1. The van der Waals surface area contributed by atoms with Crippen LogP contribution in [-0.2, 0) is 0 Å². The predicted octanol–water partition coefficient (Wildman–Crippen LogP) is 4.07. The van der Waals surface area contributed by atoms with Crippen molar-refractivity contribution in [3.63, 3.8) is 0 Å². The Morgan fingerprint density at radius 2 is 1.89 bits per heavy atom. The third-order valence-corrected chi connectivity index (χ3v) is 3.25. The van der Waals surface area contributed by atoms with E-state index in [0.29, 0.717) is 12.2 Å². The molecule has 0 saturated heterocycles. The zero-order valence-electron chi connectivity index (χ0n) is 10.4. The van der Waals surface area contributed by atoms with Gasteiger partial charge in [-0.15, -0.1) is 0 Å². The first-order chi connectivity index (χ1) is 9.11. The molecule has 0 fully saturated rings. The second-order valence-electron chi connectivity index (χ2n) is 4.07. The van der Waals surface area contributed by atoms with Gasteiger partial charge in [0.25, 0.3) is 0 Å². The monoisotopic (exact) mass is 324 g/mol. The van der Waals surface area contributed by atoms with Gasteiger partial charge in [0.05, 0.1) is 6.61 Å². The van der Waals surface area contributed by atoms with E-state index in [9.17, 15) is 9.50 Å². The maximum Gasteiger partial charge on any atom is 0.129 e. The van der Waals surface area contributed by atoms with E-state index < -0.39 is 11.9 Å². The lowest BCUT2D eigenvalue weighted by molar-refractivity contribution is 0.214. The molecule has 0 aliphatic rings. The number of benzene rings is 2. The minimum Gasteiger partial charge on any atom is -0.494 e. The van der Waals surface area contributed by atoms with E-state index in [2.05, 4.69) is 15.9 Å². The summed E-state index contributed by atoms with van der Waals surface area (Å²) in [6.07, 6.45) is -0.992. The summed E-state index contributed by atoms with van der Waals surface area (Å²) in [5.74, 6) is 0.303. The molecule has 1 atom stereocenters. The fourth-order valence-electron chi connectivity index (χ4n) is 1.82. The van der Waals surface area contributed by atoms with Crippen molar-refractivity contribution < 1.29 is 14.2 Å². The number of ether oxygens (including phenoxy) is 1. The van der Waals surface area contributed by atoms with Crippen molar-refractivity contribution >= 4 is 15.9 Å². The number of hydrogen-bond donors (Lipinski definition) is 1. The van der Waals surface area contributed by atoms with Crippen LogP contribution in [0.3, 0.4) is 0 Å². The Kier molecular flexibility index (Phi) is 4.56. The maximum atomic E-state index is 13.7. The molecule has 2 aromatic carbocycles. The van der Waals surface area contributed by atoms with E-state index in [1.165, 1.54) is 6.07 Å². The van der Waals surface area contributed by atoms with E-state index in [1.807, 2.05) is 6.92 Å². The van der Waals surface area contributed by atoms with Crippen LogP contribution in [0, 0.1) is 5.82 Å². The smallest absolute Gasteiger partial charge is 0.129 e. The van der Waals surface area contributed by atoms with Crippen LogP contribution in [0.15, 0.2) is 46.9 Å². The molecule has 19 heavy (non-hydrogen) atoms. The number of halogens is 2. The van der Waals surface area contributed by atoms with Gasteiger partial charge in [0.2, 0.25) is 0 Å². The average molecular weight is 325 g/mol. The Labute approximate surface area is 120 Å². The Morgan fingerprint density at radius 3 is 2.53 bits per heavy atom. The Morgan fingerprint density at radius 1 is 1.21 bits per heavy atom. The minimum atomic E-state index is -0.992. The fourth-order valence-corrected chi connectivity index (χ4v) is 2.20. The van der Waals surface area contributed by atoms with Crippen molar-refractivity contribution in [2.45, 2.75) is 13.0 Å². The molecule has 0 spiro atoms. The van der Waals surface area contributed by atoms with Gasteiger partial charge in [-0.05, 0) is 42.8 Å². The molecule has 1 unspecified atom stereocenters. The average Bonchev–Trinajstić information content (AvgIpc) is 2.42. The van der Waals surface area contributed by atoms with E-state index >= 15 is 0 Å². The van der Waals surface area contributed by atoms with Crippen LogP contribution in [0.5, 0.6) is 5.75 Å². The molecule has 2 nitrogen and oxygen atoms in total. The molecule has 1 N–H and O–H groups in total. The topological polar surface area (TPSA) is 29.5 Å². The first-order valence-electron chi connectivity index (χ1n) is 5.97. The molecular weight excluding hydrogens is 311 g/mol. The minimum absolute atomic E-state index is 0.249. The lowest BCUT2D eigenvalue weighted by Crippen LogP contribution is -2.03. The standard InChI is InChI=1S/C15H14BrFO2/c1-2-19-12-6-3-10(4-7-12)15(18)13-9-11(16)5-8-14(13)17/h3-9,15,18H,2H2,1H3. The quantitative estimate of drug-likeness (QED) is 0.918. The second-order valence-corrected chi connectivity index (χ2v) is 4.99. The van der Waals surface area contributed by atoms with E-state index in [-0.39, 0.29) is 5.56 Å². The molecule has 4 heteroatoms. The van der Waals surface area contributed by atoms with Gasteiger partial charge < -0.3 is 9.84 Å². The summed E-state index contributed by atoms with van der Waals surface area (Å²) in [6, 6.07) is 11.5. The first-order valence-corrected chi connectivity index (χ1v) is 6.77. The number of hydrogen-bond acceptors (Lipinski definition) is 2. The SMILES string of the molecule is CCOc1ccc(C(O)c2cc(Br)ccc2F)cc1. The van der Waals surface area contributed by atoms with Gasteiger partial charge in [0, 0.05) is 10.0 Å². The van der Waals surface area contributed by atoms with Gasteiger partial charge in [-0.1, -0.05) is 28.1 Å². The molecule has 100 valence electrons. The molecule has 0 saturated carbocycles. The molecule has 2 rings (SSSR count). The highest BCUT2D eigenvalue weighted by atomic mass is 79.9. The summed E-state index contributed by atoms with van der Waals surface area (Å²) in [5, 5.41) is 10.2. The van der Waals surface area contributed by atoms with Gasteiger partial charge in [-0.25, -0.2) is 4.39 Å². The summed E-state index contributed by atoms with van der Waals surface area (Å²) in [5.41, 5.74) is 0.874. The Hall–Kier alpha value is -1.39. The van der Waals surface area contributed by atoms with Crippen LogP contribution in [0.4, 0.5) is 4.39 Å². The van der Waals surface area contributed by atoms with E-state index in [0.717, 1.165) is 10.2 Å². The summed E-state index contributed by atoms with van der Waals surface area (Å²) >= 11 is 3.27. The summed E-state index contributed by atoms with van der Waals surface area (Å²) < 4.78 is 19.8. The van der Waals surface area contributed by atoms with Crippen LogP contribution in [0.2, 0.25) is 0 Å². The normalized spacial score (nSPS) is 12.2. The summed E-state index contributed by atoms with van der Waals surface area (Å²) in [7, 11) is 0. The van der Waals surface area contributed by atoms with Crippen LogP contribution < -0.4 is 4.74 Å². The zero-order valence-corrected chi connectivity index (χ0v) is 12.0. The van der Waals surface area contributed by atoms with Crippen molar-refractivity contribution in [1.82, 2.24) is 0 Å². The van der Waals surface area contributed by atoms with Crippen LogP contribution in [0.25, 0.3) is 0 Å². The van der Waals surface area contributed by atoms with Gasteiger partial charge >= 0.3 is 0 Å². The summed E-state index contributed by atoms with van der Waals surface area (Å²) in [4.78, 5) is 0. The number of rotatable bonds is 4. The maximum absolute atomic E-state index is 13.7. The van der Waals surface area contributed by atoms with Crippen molar-refractivity contribution in [3.05, 3.63) is 63.9 Å². The van der Waals surface area contributed by atoms with Gasteiger partial charge in [-0.2, -0.15) is 0 Å². The predicted molar refractivity (Wildman–Crippen MR) is 75.8 cm³/mol. The molecule has 0 bridgehead atoms. The van der Waals surface area contributed by atoms with Gasteiger partial charge in [0.1, 0.15) is 17.7 Å². The lowest BCUT2D eigenvalue weighted by atomic mass is 10.0.